The van der Waals surface area contributed by atoms with E-state index in [-0.39, 0.29) is 24.0 Å². The molecule has 0 unspecified atom stereocenters. The summed E-state index contributed by atoms with van der Waals surface area (Å²) in [6.07, 6.45) is 5.29. The Kier molecular flexibility index (Phi) is 9.78. The second kappa shape index (κ2) is 12.4. The summed E-state index contributed by atoms with van der Waals surface area (Å²) < 4.78 is 10.8. The van der Waals surface area contributed by atoms with E-state index in [1.54, 1.807) is 13.3 Å². The molecule has 2 heterocycles. The predicted octanol–water partition coefficient (Wildman–Crippen LogP) is 3.76. The quantitative estimate of drug-likeness (QED) is 0.205. The van der Waals surface area contributed by atoms with Gasteiger partial charge in [-0.25, -0.2) is 0 Å². The number of furan rings is 1. The van der Waals surface area contributed by atoms with Crippen molar-refractivity contribution in [3.63, 3.8) is 0 Å². The molecule has 3 aromatic rings. The van der Waals surface area contributed by atoms with Crippen molar-refractivity contribution in [3.05, 3.63) is 66.2 Å². The molecule has 6 nitrogen and oxygen atoms in total. The minimum atomic E-state index is 0. The van der Waals surface area contributed by atoms with Crippen LogP contribution in [0, 0.1) is 0 Å². The van der Waals surface area contributed by atoms with Crippen LogP contribution in [0.3, 0.4) is 0 Å². The van der Waals surface area contributed by atoms with Gasteiger partial charge in [-0.1, -0.05) is 24.3 Å². The molecule has 0 fully saturated rings. The Morgan fingerprint density at radius 3 is 2.79 bits per heavy atom. The standard InChI is InChI=1S/C21H26N4O2.HI/c1-22-21(24-12-5-14-26-16-19-9-4-15-27-19)25-13-10-18-7-2-6-17-8-3-11-23-20(17)18;/h2-4,6-9,11,15H,5,10,12-14,16H2,1H3,(H2,22,24,25);1H. The number of halogens is 1. The van der Waals surface area contributed by atoms with Crippen molar-refractivity contribution in [2.45, 2.75) is 19.4 Å². The highest BCUT2D eigenvalue weighted by atomic mass is 127. The average molecular weight is 494 g/mol. The van der Waals surface area contributed by atoms with Gasteiger partial charge < -0.3 is 19.8 Å². The molecule has 0 saturated carbocycles. The Labute approximate surface area is 182 Å². The summed E-state index contributed by atoms with van der Waals surface area (Å²) in [5.74, 6) is 1.65. The molecule has 0 aliphatic carbocycles. The summed E-state index contributed by atoms with van der Waals surface area (Å²) in [5.41, 5.74) is 2.31. The maximum atomic E-state index is 5.57. The lowest BCUT2D eigenvalue weighted by Gasteiger charge is -2.12. The van der Waals surface area contributed by atoms with E-state index in [4.69, 9.17) is 9.15 Å². The van der Waals surface area contributed by atoms with Crippen LogP contribution >= 0.6 is 24.0 Å². The number of pyridine rings is 1. The van der Waals surface area contributed by atoms with Gasteiger partial charge in [0.15, 0.2) is 5.96 Å². The lowest BCUT2D eigenvalue weighted by Crippen LogP contribution is -2.39. The first-order chi connectivity index (χ1) is 13.4. The van der Waals surface area contributed by atoms with Crippen molar-refractivity contribution in [1.82, 2.24) is 15.6 Å². The van der Waals surface area contributed by atoms with Gasteiger partial charge >= 0.3 is 0 Å². The fourth-order valence-electron chi connectivity index (χ4n) is 2.85. The van der Waals surface area contributed by atoms with E-state index in [0.717, 1.165) is 43.2 Å². The van der Waals surface area contributed by atoms with E-state index >= 15 is 0 Å². The molecule has 7 heteroatoms. The van der Waals surface area contributed by atoms with Crippen LogP contribution in [0.1, 0.15) is 17.7 Å². The van der Waals surface area contributed by atoms with Crippen molar-refractivity contribution in [1.29, 1.82) is 0 Å². The van der Waals surface area contributed by atoms with Crippen LogP contribution in [-0.4, -0.2) is 37.7 Å². The molecule has 0 saturated heterocycles. The number of nitrogens with zero attached hydrogens (tertiary/aromatic N) is 2. The number of aromatic nitrogens is 1. The van der Waals surface area contributed by atoms with Crippen LogP contribution in [0.25, 0.3) is 10.9 Å². The number of guanidine groups is 1. The number of para-hydroxylation sites is 1. The van der Waals surface area contributed by atoms with Crippen LogP contribution in [0.4, 0.5) is 0 Å². The normalized spacial score (nSPS) is 11.2. The highest BCUT2D eigenvalue weighted by Gasteiger charge is 2.03. The smallest absolute Gasteiger partial charge is 0.190 e. The number of rotatable bonds is 9. The molecule has 2 N–H and O–H groups in total. The first-order valence-corrected chi connectivity index (χ1v) is 9.24. The fourth-order valence-corrected chi connectivity index (χ4v) is 2.85. The Morgan fingerprint density at radius 1 is 1.11 bits per heavy atom. The molecule has 0 aliphatic heterocycles. The third-order valence-corrected chi connectivity index (χ3v) is 4.21. The van der Waals surface area contributed by atoms with Crippen molar-refractivity contribution < 1.29 is 9.15 Å². The molecule has 150 valence electrons. The predicted molar refractivity (Wildman–Crippen MR) is 123 cm³/mol. The van der Waals surface area contributed by atoms with E-state index in [1.807, 2.05) is 24.4 Å². The molecule has 0 radical (unpaired) electrons. The molecule has 3 rings (SSSR count). The van der Waals surface area contributed by atoms with Gasteiger partial charge in [-0.15, -0.1) is 24.0 Å². The third kappa shape index (κ3) is 6.79. The van der Waals surface area contributed by atoms with Crippen LogP contribution in [-0.2, 0) is 17.8 Å². The summed E-state index contributed by atoms with van der Waals surface area (Å²) in [4.78, 5) is 8.76. The summed E-state index contributed by atoms with van der Waals surface area (Å²) >= 11 is 0. The molecule has 0 bridgehead atoms. The summed E-state index contributed by atoms with van der Waals surface area (Å²) in [6, 6.07) is 14.1. The second-order valence-electron chi connectivity index (χ2n) is 6.15. The van der Waals surface area contributed by atoms with Crippen LogP contribution in [0.15, 0.2) is 64.3 Å². The van der Waals surface area contributed by atoms with Crippen molar-refractivity contribution in [2.24, 2.45) is 4.99 Å². The van der Waals surface area contributed by atoms with Gasteiger partial charge in [-0.3, -0.25) is 9.98 Å². The molecular weight excluding hydrogens is 467 g/mol. The van der Waals surface area contributed by atoms with E-state index in [1.165, 1.54) is 10.9 Å². The molecular formula is C21H27IN4O2. The van der Waals surface area contributed by atoms with Gasteiger partial charge in [-0.05, 0) is 36.6 Å². The van der Waals surface area contributed by atoms with E-state index in [2.05, 4.69) is 44.9 Å². The van der Waals surface area contributed by atoms with Crippen molar-refractivity contribution >= 4 is 40.8 Å². The number of benzene rings is 1. The lowest BCUT2D eigenvalue weighted by molar-refractivity contribution is 0.105. The number of aliphatic imine (C=N–C) groups is 1. The summed E-state index contributed by atoms with van der Waals surface area (Å²) in [5, 5.41) is 7.83. The van der Waals surface area contributed by atoms with Gasteiger partial charge in [0.2, 0.25) is 0 Å². The summed E-state index contributed by atoms with van der Waals surface area (Å²) in [7, 11) is 1.78. The first-order valence-electron chi connectivity index (χ1n) is 9.24. The topological polar surface area (TPSA) is 71.7 Å². The minimum Gasteiger partial charge on any atom is -0.467 e. The van der Waals surface area contributed by atoms with Crippen LogP contribution in [0.2, 0.25) is 0 Å². The second-order valence-corrected chi connectivity index (χ2v) is 6.15. The van der Waals surface area contributed by atoms with E-state index < -0.39 is 0 Å². The zero-order valence-corrected chi connectivity index (χ0v) is 18.4. The first kappa shape index (κ1) is 22.2. The maximum Gasteiger partial charge on any atom is 0.190 e. The molecule has 28 heavy (non-hydrogen) atoms. The van der Waals surface area contributed by atoms with Crippen molar-refractivity contribution in [3.8, 4) is 0 Å². The Bertz CT molecular complexity index is 847. The largest absolute Gasteiger partial charge is 0.467 e. The fraction of sp³-hybridized carbons (Fsp3) is 0.333. The molecule has 0 aliphatic rings. The Morgan fingerprint density at radius 2 is 1.96 bits per heavy atom. The average Bonchev–Trinajstić information content (AvgIpc) is 3.23. The third-order valence-electron chi connectivity index (χ3n) is 4.21. The molecule has 0 amide bonds. The monoisotopic (exact) mass is 494 g/mol. The number of hydrogen-bond acceptors (Lipinski definition) is 4. The lowest BCUT2D eigenvalue weighted by atomic mass is 10.1. The Hall–Kier alpha value is -2.13. The van der Waals surface area contributed by atoms with Gasteiger partial charge in [0, 0.05) is 38.3 Å². The van der Waals surface area contributed by atoms with Crippen LogP contribution < -0.4 is 10.6 Å². The number of nitrogens with one attached hydrogen (secondary N) is 2. The van der Waals surface area contributed by atoms with Gasteiger partial charge in [-0.2, -0.15) is 0 Å². The zero-order chi connectivity index (χ0) is 18.7. The zero-order valence-electron chi connectivity index (χ0n) is 16.1. The molecule has 0 spiro atoms. The summed E-state index contributed by atoms with van der Waals surface area (Å²) in [6.45, 7) is 2.78. The maximum absolute atomic E-state index is 5.57. The number of hydrogen-bond donors (Lipinski definition) is 2. The van der Waals surface area contributed by atoms with E-state index in [0.29, 0.717) is 13.2 Å². The van der Waals surface area contributed by atoms with Gasteiger partial charge in [0.05, 0.1) is 11.8 Å². The number of ether oxygens (including phenoxy) is 1. The highest BCUT2D eigenvalue weighted by molar-refractivity contribution is 14.0. The van der Waals surface area contributed by atoms with Crippen LogP contribution in [0.5, 0.6) is 0 Å². The molecule has 0 atom stereocenters. The SMILES string of the molecule is CN=C(NCCCOCc1ccco1)NCCc1cccc2cccnc12.I. The van der Waals surface area contributed by atoms with Crippen molar-refractivity contribution in [2.75, 3.05) is 26.7 Å². The van der Waals surface area contributed by atoms with Gasteiger partial charge in [0.25, 0.3) is 0 Å². The van der Waals surface area contributed by atoms with Gasteiger partial charge in [0.1, 0.15) is 12.4 Å². The van der Waals surface area contributed by atoms with E-state index in [9.17, 15) is 0 Å². The Balaban J connectivity index is 0.00000280. The number of fused-ring (bicyclic) bond motifs is 1. The minimum absolute atomic E-state index is 0. The highest BCUT2D eigenvalue weighted by Crippen LogP contribution is 2.15. The molecule has 1 aromatic carbocycles. The molecule has 2 aromatic heterocycles.